The summed E-state index contributed by atoms with van der Waals surface area (Å²) in [6.07, 6.45) is 1.52. The number of hydrogen-bond donors (Lipinski definition) is 1. The number of benzene rings is 2. The molecular formula is C25H26N4O5S2. The van der Waals surface area contributed by atoms with Gasteiger partial charge in [0.15, 0.2) is 5.84 Å². The molecule has 0 aromatic heterocycles. The Morgan fingerprint density at radius 3 is 2.44 bits per heavy atom. The van der Waals surface area contributed by atoms with E-state index < -0.39 is 15.7 Å². The second-order valence-electron chi connectivity index (χ2n) is 8.64. The molecule has 0 unspecified atom stereocenters. The standard InChI is InChI=1S/C25H26N4O5S2/c1-16(2)15-36(31,32)25-28-29-22(26)21(23(30)27-24(29)35-25)14-18-7-9-19(10-8-18)33-11-12-34-20-6-4-5-17(3)13-20/h4-10,13-14,16,26H,11-12,15H2,1-3H3/b21-14-,26-22?. The molecule has 2 aliphatic rings. The average molecular weight is 527 g/mol. The molecule has 2 heterocycles. The topological polar surface area (TPSA) is 121 Å². The zero-order valence-electron chi connectivity index (χ0n) is 20.1. The van der Waals surface area contributed by atoms with Crippen LogP contribution in [0.1, 0.15) is 25.0 Å². The van der Waals surface area contributed by atoms with E-state index in [1.165, 1.54) is 6.08 Å². The maximum absolute atomic E-state index is 12.6. The van der Waals surface area contributed by atoms with Crippen LogP contribution in [0.2, 0.25) is 0 Å². The van der Waals surface area contributed by atoms with Crippen molar-refractivity contribution in [3.63, 3.8) is 0 Å². The number of carbonyl (C=O) groups excluding carboxylic acids is 1. The van der Waals surface area contributed by atoms with Gasteiger partial charge in [-0.2, -0.15) is 10.0 Å². The van der Waals surface area contributed by atoms with Gasteiger partial charge in [-0.15, -0.1) is 5.10 Å². The lowest BCUT2D eigenvalue weighted by molar-refractivity contribution is -0.114. The van der Waals surface area contributed by atoms with Gasteiger partial charge in [0, 0.05) is 0 Å². The van der Waals surface area contributed by atoms with Crippen LogP contribution >= 0.6 is 11.8 Å². The highest BCUT2D eigenvalue weighted by atomic mass is 32.3. The Balaban J connectivity index is 1.39. The maximum atomic E-state index is 12.6. The highest BCUT2D eigenvalue weighted by Crippen LogP contribution is 2.31. The number of aryl methyl sites for hydroxylation is 1. The molecule has 36 heavy (non-hydrogen) atoms. The molecule has 1 amide bonds. The quantitative estimate of drug-likeness (QED) is 0.406. The normalized spacial score (nSPS) is 16.8. The Kier molecular flexibility index (Phi) is 7.60. The fourth-order valence-electron chi connectivity index (χ4n) is 3.46. The number of rotatable bonds is 8. The highest BCUT2D eigenvalue weighted by molar-refractivity contribution is 8.42. The van der Waals surface area contributed by atoms with Gasteiger partial charge in [0.25, 0.3) is 5.91 Å². The second-order valence-corrected chi connectivity index (χ2v) is 11.8. The van der Waals surface area contributed by atoms with Crippen LogP contribution in [0.3, 0.4) is 0 Å². The highest BCUT2D eigenvalue weighted by Gasteiger charge is 2.39. The van der Waals surface area contributed by atoms with E-state index in [-0.39, 0.29) is 32.6 Å². The molecule has 0 bridgehead atoms. The Morgan fingerprint density at radius 2 is 1.78 bits per heavy atom. The first-order valence-electron chi connectivity index (χ1n) is 11.3. The van der Waals surface area contributed by atoms with Gasteiger partial charge < -0.3 is 9.47 Å². The predicted molar refractivity (Wildman–Crippen MR) is 142 cm³/mol. The zero-order chi connectivity index (χ0) is 25.9. The van der Waals surface area contributed by atoms with Crippen molar-refractivity contribution in [2.24, 2.45) is 16.0 Å². The van der Waals surface area contributed by atoms with E-state index in [0.29, 0.717) is 24.5 Å². The Labute approximate surface area is 214 Å². The number of sulfone groups is 1. The Bertz CT molecular complexity index is 1380. The summed E-state index contributed by atoms with van der Waals surface area (Å²) in [4.78, 5) is 16.5. The van der Waals surface area contributed by atoms with Crippen LogP contribution in [0.5, 0.6) is 11.5 Å². The summed E-state index contributed by atoms with van der Waals surface area (Å²) in [7, 11) is -3.63. The maximum Gasteiger partial charge on any atom is 0.283 e. The minimum Gasteiger partial charge on any atom is -0.490 e. The van der Waals surface area contributed by atoms with Gasteiger partial charge in [0.2, 0.25) is 19.4 Å². The van der Waals surface area contributed by atoms with Crippen LogP contribution in [0.15, 0.2) is 64.2 Å². The number of nitrogens with zero attached hydrogens (tertiary/aromatic N) is 3. The SMILES string of the molecule is Cc1cccc(OCCOc2ccc(/C=C3/C(=N)N4N=C(S(=O)(=O)CC(C)C)SC4=NC3=O)cc2)c1. The molecule has 4 rings (SSSR count). The van der Waals surface area contributed by atoms with Crippen molar-refractivity contribution >= 4 is 49.0 Å². The lowest BCUT2D eigenvalue weighted by atomic mass is 10.1. The number of fused-ring (bicyclic) bond motifs is 1. The Morgan fingerprint density at radius 1 is 1.08 bits per heavy atom. The summed E-state index contributed by atoms with van der Waals surface area (Å²) in [6, 6.07) is 14.8. The average Bonchev–Trinajstić information content (AvgIpc) is 3.25. The Hall–Kier alpha value is -3.44. The monoisotopic (exact) mass is 526 g/mol. The molecule has 9 nitrogen and oxygen atoms in total. The number of hydrazone groups is 1. The van der Waals surface area contributed by atoms with Crippen LogP contribution in [0.25, 0.3) is 6.08 Å². The van der Waals surface area contributed by atoms with Crippen LogP contribution in [0, 0.1) is 18.3 Å². The molecular weight excluding hydrogens is 500 g/mol. The van der Waals surface area contributed by atoms with Crippen molar-refractivity contribution in [1.82, 2.24) is 5.01 Å². The third kappa shape index (κ3) is 6.03. The summed E-state index contributed by atoms with van der Waals surface area (Å²) >= 11 is 0.792. The van der Waals surface area contributed by atoms with Crippen LogP contribution in [-0.4, -0.2) is 53.7 Å². The minimum atomic E-state index is -3.63. The van der Waals surface area contributed by atoms with Crippen LogP contribution in [0.4, 0.5) is 0 Å². The van der Waals surface area contributed by atoms with E-state index in [1.54, 1.807) is 38.1 Å². The van der Waals surface area contributed by atoms with Crippen molar-refractivity contribution in [3.8, 4) is 11.5 Å². The number of carbonyl (C=O) groups is 1. The third-order valence-electron chi connectivity index (χ3n) is 5.06. The summed E-state index contributed by atoms with van der Waals surface area (Å²) in [5.41, 5.74) is 1.80. The van der Waals surface area contributed by atoms with Crippen LogP contribution < -0.4 is 9.47 Å². The lowest BCUT2D eigenvalue weighted by Crippen LogP contribution is -2.35. The molecule has 0 spiro atoms. The molecule has 0 fully saturated rings. The summed E-state index contributed by atoms with van der Waals surface area (Å²) in [5, 5.41) is 13.7. The molecule has 0 radical (unpaired) electrons. The van der Waals surface area contributed by atoms with Gasteiger partial charge in [0.05, 0.1) is 11.3 Å². The van der Waals surface area contributed by atoms with E-state index in [2.05, 4.69) is 10.1 Å². The van der Waals surface area contributed by atoms with Gasteiger partial charge in [-0.3, -0.25) is 10.2 Å². The van der Waals surface area contributed by atoms with Gasteiger partial charge in [-0.25, -0.2) is 8.42 Å². The number of amidine groups is 2. The van der Waals surface area contributed by atoms with Crippen LogP contribution in [-0.2, 0) is 14.6 Å². The van der Waals surface area contributed by atoms with Crippen molar-refractivity contribution in [2.45, 2.75) is 20.8 Å². The lowest BCUT2D eigenvalue weighted by Gasteiger charge is -2.20. The first kappa shape index (κ1) is 25.6. The molecule has 2 aromatic rings. The van der Waals surface area contributed by atoms with Gasteiger partial charge in [0.1, 0.15) is 24.7 Å². The molecule has 1 N–H and O–H groups in total. The van der Waals surface area contributed by atoms with E-state index in [4.69, 9.17) is 14.9 Å². The van der Waals surface area contributed by atoms with Crippen molar-refractivity contribution in [3.05, 3.63) is 65.2 Å². The number of nitrogens with one attached hydrogen (secondary N) is 1. The minimum absolute atomic E-state index is 0.0193. The zero-order valence-corrected chi connectivity index (χ0v) is 21.7. The first-order valence-corrected chi connectivity index (χ1v) is 13.7. The second kappa shape index (κ2) is 10.7. The fourth-order valence-corrected chi connectivity index (χ4v) is 6.25. The van der Waals surface area contributed by atoms with Gasteiger partial charge >= 0.3 is 0 Å². The smallest absolute Gasteiger partial charge is 0.283 e. The molecule has 0 saturated carbocycles. The number of hydrogen-bond acceptors (Lipinski definition) is 8. The van der Waals surface area contributed by atoms with E-state index in [9.17, 15) is 13.2 Å². The molecule has 188 valence electrons. The number of aliphatic imine (C=N–C) groups is 1. The molecule has 2 aliphatic heterocycles. The van der Waals surface area contributed by atoms with E-state index in [1.807, 2.05) is 31.2 Å². The molecule has 0 saturated heterocycles. The molecule has 0 atom stereocenters. The number of amides is 1. The predicted octanol–water partition coefficient (Wildman–Crippen LogP) is 4.10. The van der Waals surface area contributed by atoms with Gasteiger partial charge in [-0.05, 0) is 66.1 Å². The summed E-state index contributed by atoms with van der Waals surface area (Å²) in [6.45, 7) is 6.35. The van der Waals surface area contributed by atoms with Crippen molar-refractivity contribution in [2.75, 3.05) is 19.0 Å². The van der Waals surface area contributed by atoms with E-state index in [0.717, 1.165) is 28.1 Å². The molecule has 0 aliphatic carbocycles. The van der Waals surface area contributed by atoms with Crippen molar-refractivity contribution < 1.29 is 22.7 Å². The number of thioether (sulfide) groups is 1. The van der Waals surface area contributed by atoms with E-state index >= 15 is 0 Å². The summed E-state index contributed by atoms with van der Waals surface area (Å²) in [5.74, 6) is 0.427. The summed E-state index contributed by atoms with van der Waals surface area (Å²) < 4.78 is 36.3. The largest absolute Gasteiger partial charge is 0.490 e. The van der Waals surface area contributed by atoms with Gasteiger partial charge in [-0.1, -0.05) is 38.1 Å². The molecule has 2 aromatic carbocycles. The first-order chi connectivity index (χ1) is 17.1. The third-order valence-corrected chi connectivity index (χ3v) is 8.49. The fraction of sp³-hybridized carbons (Fsp3) is 0.280. The number of ether oxygens (including phenoxy) is 2. The molecule has 11 heteroatoms. The van der Waals surface area contributed by atoms with Crippen molar-refractivity contribution in [1.29, 1.82) is 5.41 Å².